The summed E-state index contributed by atoms with van der Waals surface area (Å²) < 4.78 is 0. The van der Waals surface area contributed by atoms with Crippen molar-refractivity contribution in [3.05, 3.63) is 11.9 Å². The molecule has 0 spiro atoms. The molecular weight excluding hydrogens is 242 g/mol. The fourth-order valence-electron chi connectivity index (χ4n) is 2.28. The Bertz CT molecular complexity index is 486. The van der Waals surface area contributed by atoms with Crippen LogP contribution in [0.2, 0.25) is 0 Å². The number of amides is 1. The summed E-state index contributed by atoms with van der Waals surface area (Å²) in [7, 11) is 1.84. The maximum Gasteiger partial charge on any atom is 0.242 e. The quantitative estimate of drug-likeness (QED) is 0.756. The Morgan fingerprint density at radius 2 is 2.05 bits per heavy atom. The maximum absolute atomic E-state index is 11.8. The van der Waals surface area contributed by atoms with Crippen LogP contribution in [0.25, 0.3) is 0 Å². The first-order valence-electron chi connectivity index (χ1n) is 6.87. The average molecular weight is 261 g/mol. The molecule has 0 radical (unpaired) electrons. The molecular formula is C13H19N5O. The molecule has 0 aromatic carbocycles. The van der Waals surface area contributed by atoms with Gasteiger partial charge in [0.1, 0.15) is 23.5 Å². The molecule has 1 aromatic heterocycles. The fourth-order valence-corrected chi connectivity index (χ4v) is 2.28. The molecule has 1 aliphatic heterocycles. The van der Waals surface area contributed by atoms with Gasteiger partial charge in [0.15, 0.2) is 0 Å². The van der Waals surface area contributed by atoms with E-state index in [9.17, 15) is 4.79 Å². The van der Waals surface area contributed by atoms with Gasteiger partial charge in [-0.2, -0.15) is 0 Å². The van der Waals surface area contributed by atoms with Crippen LogP contribution in [-0.4, -0.2) is 35.5 Å². The zero-order chi connectivity index (χ0) is 13.2. The number of nitrogens with one attached hydrogen (secondary N) is 3. The lowest BCUT2D eigenvalue weighted by atomic mass is 10.1. The third kappa shape index (κ3) is 2.77. The van der Waals surface area contributed by atoms with Gasteiger partial charge >= 0.3 is 0 Å². The molecule has 1 saturated carbocycles. The molecule has 3 rings (SSSR count). The topological polar surface area (TPSA) is 78.9 Å². The van der Waals surface area contributed by atoms with E-state index in [1.165, 1.54) is 0 Å². The molecule has 2 fully saturated rings. The largest absolute Gasteiger partial charge is 0.373 e. The lowest BCUT2D eigenvalue weighted by molar-refractivity contribution is -0.123. The smallest absolute Gasteiger partial charge is 0.242 e. The van der Waals surface area contributed by atoms with E-state index in [2.05, 4.69) is 25.9 Å². The van der Waals surface area contributed by atoms with Gasteiger partial charge in [0.05, 0.1) is 0 Å². The van der Waals surface area contributed by atoms with E-state index in [1.807, 2.05) is 13.1 Å². The van der Waals surface area contributed by atoms with E-state index >= 15 is 0 Å². The lowest BCUT2D eigenvalue weighted by Crippen LogP contribution is -2.44. The van der Waals surface area contributed by atoms with E-state index in [1.54, 1.807) is 0 Å². The predicted octanol–water partition coefficient (Wildman–Crippen LogP) is 1.09. The Morgan fingerprint density at radius 1 is 1.26 bits per heavy atom. The summed E-state index contributed by atoms with van der Waals surface area (Å²) in [6.07, 6.45) is 4.18. The van der Waals surface area contributed by atoms with Crippen molar-refractivity contribution >= 4 is 17.5 Å². The Morgan fingerprint density at radius 3 is 2.74 bits per heavy atom. The SMILES string of the molecule is CNc1cc(NC2CCCNC2=O)nc(C2CC2)n1. The van der Waals surface area contributed by atoms with Crippen LogP contribution in [0.3, 0.4) is 0 Å². The molecule has 1 amide bonds. The van der Waals surface area contributed by atoms with E-state index in [0.29, 0.717) is 5.92 Å². The third-order valence-electron chi connectivity index (χ3n) is 3.55. The van der Waals surface area contributed by atoms with E-state index < -0.39 is 0 Å². The Balaban J connectivity index is 1.78. The van der Waals surface area contributed by atoms with E-state index in [4.69, 9.17) is 0 Å². The van der Waals surface area contributed by atoms with Crippen LogP contribution in [0.1, 0.15) is 37.4 Å². The molecule has 2 heterocycles. The highest BCUT2D eigenvalue weighted by molar-refractivity contribution is 5.85. The standard InChI is InChI=1S/C13H19N5O/c1-14-10-7-11(18-12(17-10)8-4-5-8)16-9-3-2-6-15-13(9)19/h7-9H,2-6H2,1H3,(H,15,19)(H2,14,16,17,18). The minimum atomic E-state index is -0.180. The summed E-state index contributed by atoms with van der Waals surface area (Å²) in [5.74, 6) is 2.97. The van der Waals surface area contributed by atoms with Gasteiger partial charge in [-0.15, -0.1) is 0 Å². The molecule has 1 unspecified atom stereocenters. The number of hydrogen-bond donors (Lipinski definition) is 3. The van der Waals surface area contributed by atoms with Gasteiger partial charge in [-0.3, -0.25) is 4.79 Å². The summed E-state index contributed by atoms with van der Waals surface area (Å²) in [6.45, 7) is 0.774. The molecule has 102 valence electrons. The van der Waals surface area contributed by atoms with Gasteiger partial charge in [0.25, 0.3) is 0 Å². The van der Waals surface area contributed by atoms with Crippen molar-refractivity contribution in [1.29, 1.82) is 0 Å². The average Bonchev–Trinajstić information content (AvgIpc) is 3.25. The number of carbonyl (C=O) groups is 1. The Labute approximate surface area is 112 Å². The molecule has 3 N–H and O–H groups in total. The second-order valence-electron chi connectivity index (χ2n) is 5.15. The minimum absolute atomic E-state index is 0.0591. The molecule has 19 heavy (non-hydrogen) atoms. The Kier molecular flexibility index (Phi) is 3.23. The van der Waals surface area contributed by atoms with Crippen LogP contribution in [0, 0.1) is 0 Å². The molecule has 1 atom stereocenters. The molecule has 6 heteroatoms. The molecule has 1 saturated heterocycles. The highest BCUT2D eigenvalue weighted by Gasteiger charge is 2.28. The predicted molar refractivity (Wildman–Crippen MR) is 73.2 cm³/mol. The molecule has 2 aliphatic rings. The summed E-state index contributed by atoms with van der Waals surface area (Å²) in [4.78, 5) is 20.7. The van der Waals surface area contributed by atoms with Crippen LogP contribution in [0.15, 0.2) is 6.07 Å². The first kappa shape index (κ1) is 12.2. The van der Waals surface area contributed by atoms with Gasteiger partial charge in [0, 0.05) is 25.6 Å². The lowest BCUT2D eigenvalue weighted by Gasteiger charge is -2.23. The number of aromatic nitrogens is 2. The van der Waals surface area contributed by atoms with Gasteiger partial charge in [-0.25, -0.2) is 9.97 Å². The first-order valence-corrected chi connectivity index (χ1v) is 6.87. The van der Waals surface area contributed by atoms with Crippen molar-refractivity contribution in [1.82, 2.24) is 15.3 Å². The van der Waals surface area contributed by atoms with Crippen molar-refractivity contribution < 1.29 is 4.79 Å². The molecule has 0 bridgehead atoms. The number of anilines is 2. The van der Waals surface area contributed by atoms with Crippen LogP contribution in [0.4, 0.5) is 11.6 Å². The van der Waals surface area contributed by atoms with Crippen LogP contribution >= 0.6 is 0 Å². The molecule has 1 aliphatic carbocycles. The van der Waals surface area contributed by atoms with Crippen LogP contribution < -0.4 is 16.0 Å². The van der Waals surface area contributed by atoms with Crippen LogP contribution in [-0.2, 0) is 4.79 Å². The van der Waals surface area contributed by atoms with Gasteiger partial charge in [0.2, 0.25) is 5.91 Å². The van der Waals surface area contributed by atoms with Gasteiger partial charge in [-0.05, 0) is 25.7 Å². The van der Waals surface area contributed by atoms with Crippen LogP contribution in [0.5, 0.6) is 0 Å². The first-order chi connectivity index (χ1) is 9.26. The number of carbonyl (C=O) groups excluding carboxylic acids is 1. The monoisotopic (exact) mass is 261 g/mol. The number of nitrogens with zero attached hydrogens (tertiary/aromatic N) is 2. The number of rotatable bonds is 4. The third-order valence-corrected chi connectivity index (χ3v) is 3.55. The second kappa shape index (κ2) is 5.03. The van der Waals surface area contributed by atoms with E-state index in [0.717, 1.165) is 49.7 Å². The van der Waals surface area contributed by atoms with Crippen molar-refractivity contribution in [2.45, 2.75) is 37.6 Å². The normalized spacial score (nSPS) is 22.8. The Hall–Kier alpha value is -1.85. The van der Waals surface area contributed by atoms with E-state index in [-0.39, 0.29) is 11.9 Å². The second-order valence-corrected chi connectivity index (χ2v) is 5.15. The van der Waals surface area contributed by atoms with Gasteiger partial charge in [-0.1, -0.05) is 0 Å². The summed E-state index contributed by atoms with van der Waals surface area (Å²) in [5, 5.41) is 9.14. The zero-order valence-corrected chi connectivity index (χ0v) is 11.1. The van der Waals surface area contributed by atoms with Gasteiger partial charge < -0.3 is 16.0 Å². The van der Waals surface area contributed by atoms with Crippen molar-refractivity contribution in [3.63, 3.8) is 0 Å². The van der Waals surface area contributed by atoms with Crippen molar-refractivity contribution in [2.24, 2.45) is 0 Å². The highest BCUT2D eigenvalue weighted by Crippen LogP contribution is 2.38. The summed E-state index contributed by atoms with van der Waals surface area (Å²) in [5.41, 5.74) is 0. The number of hydrogen-bond acceptors (Lipinski definition) is 5. The molecule has 6 nitrogen and oxygen atoms in total. The fraction of sp³-hybridized carbons (Fsp3) is 0.615. The summed E-state index contributed by atoms with van der Waals surface area (Å²) in [6, 6.07) is 1.67. The highest BCUT2D eigenvalue weighted by atomic mass is 16.2. The zero-order valence-electron chi connectivity index (χ0n) is 11.1. The molecule has 1 aromatic rings. The van der Waals surface area contributed by atoms with Crippen molar-refractivity contribution in [3.8, 4) is 0 Å². The van der Waals surface area contributed by atoms with Crippen molar-refractivity contribution in [2.75, 3.05) is 24.2 Å². The number of piperidine rings is 1. The maximum atomic E-state index is 11.8. The minimum Gasteiger partial charge on any atom is -0.373 e. The summed E-state index contributed by atoms with van der Waals surface area (Å²) >= 11 is 0.